The zero-order valence-corrected chi connectivity index (χ0v) is 14.3. The van der Waals surface area contributed by atoms with Crippen LogP contribution in [-0.4, -0.2) is 38.6 Å². The summed E-state index contributed by atoms with van der Waals surface area (Å²) >= 11 is 0. The molecule has 1 amide bonds. The number of carbonyl (C=O) groups is 2. The number of rotatable bonds is 4. The van der Waals surface area contributed by atoms with Gasteiger partial charge in [0, 0.05) is 28.4 Å². The molecule has 0 bridgehead atoms. The topological polar surface area (TPSA) is 112 Å². The van der Waals surface area contributed by atoms with Crippen molar-refractivity contribution in [1.29, 1.82) is 0 Å². The SMILES string of the molecule is Cc1ccc2cc(-c3cnc(C(=O)NCC(=O)O)c(O)c3C)ccc2n1. The maximum atomic E-state index is 12.0. The summed E-state index contributed by atoms with van der Waals surface area (Å²) in [5, 5.41) is 22.1. The fourth-order valence-electron chi connectivity index (χ4n) is 2.68. The van der Waals surface area contributed by atoms with E-state index >= 15 is 0 Å². The first-order chi connectivity index (χ1) is 12.4. The highest BCUT2D eigenvalue weighted by Gasteiger charge is 2.18. The average Bonchev–Trinajstić information content (AvgIpc) is 2.61. The van der Waals surface area contributed by atoms with E-state index < -0.39 is 18.4 Å². The molecule has 132 valence electrons. The molecule has 0 aliphatic rings. The van der Waals surface area contributed by atoms with Crippen LogP contribution < -0.4 is 5.32 Å². The van der Waals surface area contributed by atoms with E-state index in [0.29, 0.717) is 11.1 Å². The molecule has 0 atom stereocenters. The van der Waals surface area contributed by atoms with Gasteiger partial charge in [0.2, 0.25) is 0 Å². The van der Waals surface area contributed by atoms with Crippen LogP contribution in [0.25, 0.3) is 22.0 Å². The van der Waals surface area contributed by atoms with Gasteiger partial charge in [0.15, 0.2) is 5.69 Å². The summed E-state index contributed by atoms with van der Waals surface area (Å²) in [5.74, 6) is -2.18. The molecule has 0 aliphatic carbocycles. The molecule has 7 heteroatoms. The summed E-state index contributed by atoms with van der Waals surface area (Å²) in [6.07, 6.45) is 1.49. The number of nitrogens with one attached hydrogen (secondary N) is 1. The first-order valence-corrected chi connectivity index (χ1v) is 7.93. The van der Waals surface area contributed by atoms with Crippen molar-refractivity contribution in [2.45, 2.75) is 13.8 Å². The fraction of sp³-hybridized carbons (Fsp3) is 0.158. The Labute approximate surface area is 149 Å². The number of benzene rings is 1. The molecule has 0 saturated carbocycles. The van der Waals surface area contributed by atoms with E-state index in [0.717, 1.165) is 22.2 Å². The number of carboxylic acids is 1. The molecule has 0 unspecified atom stereocenters. The quantitative estimate of drug-likeness (QED) is 0.665. The lowest BCUT2D eigenvalue weighted by atomic mass is 9.99. The highest BCUT2D eigenvalue weighted by atomic mass is 16.4. The van der Waals surface area contributed by atoms with Crippen LogP contribution in [0.15, 0.2) is 36.5 Å². The number of amides is 1. The molecule has 0 spiro atoms. The van der Waals surface area contributed by atoms with Gasteiger partial charge in [0.25, 0.3) is 5.91 Å². The number of carbonyl (C=O) groups excluding carboxylic acids is 1. The van der Waals surface area contributed by atoms with E-state index in [1.807, 2.05) is 37.3 Å². The molecule has 0 aliphatic heterocycles. The lowest BCUT2D eigenvalue weighted by Crippen LogP contribution is -2.30. The highest BCUT2D eigenvalue weighted by molar-refractivity contribution is 5.97. The first-order valence-electron chi connectivity index (χ1n) is 7.93. The minimum absolute atomic E-state index is 0.203. The van der Waals surface area contributed by atoms with Crippen LogP contribution in [0.2, 0.25) is 0 Å². The first kappa shape index (κ1) is 17.3. The summed E-state index contributed by atoms with van der Waals surface area (Å²) in [6.45, 7) is 3.06. The van der Waals surface area contributed by atoms with Crippen molar-refractivity contribution in [2.75, 3.05) is 6.54 Å². The fourth-order valence-corrected chi connectivity index (χ4v) is 2.68. The third-order valence-corrected chi connectivity index (χ3v) is 4.06. The lowest BCUT2D eigenvalue weighted by Gasteiger charge is -2.12. The maximum absolute atomic E-state index is 12.0. The predicted molar refractivity (Wildman–Crippen MR) is 96.1 cm³/mol. The van der Waals surface area contributed by atoms with Crippen molar-refractivity contribution >= 4 is 22.8 Å². The number of pyridine rings is 2. The smallest absolute Gasteiger partial charge is 0.322 e. The van der Waals surface area contributed by atoms with Gasteiger partial charge in [0.05, 0.1) is 5.52 Å². The molecule has 0 radical (unpaired) electrons. The standard InChI is InChI=1S/C19H17N3O4/c1-10-3-4-13-7-12(5-6-15(13)22-10)14-8-20-17(18(25)11(14)2)19(26)21-9-16(23)24/h3-8,25H,9H2,1-2H3,(H,21,26)(H,23,24). The zero-order valence-electron chi connectivity index (χ0n) is 14.3. The molecule has 3 N–H and O–H groups in total. The van der Waals surface area contributed by atoms with Gasteiger partial charge in [-0.2, -0.15) is 0 Å². The lowest BCUT2D eigenvalue weighted by molar-refractivity contribution is -0.135. The molecule has 26 heavy (non-hydrogen) atoms. The molecular formula is C19H17N3O4. The minimum Gasteiger partial charge on any atom is -0.505 e. The van der Waals surface area contributed by atoms with E-state index in [4.69, 9.17) is 5.11 Å². The molecule has 3 aromatic rings. The number of nitrogens with zero attached hydrogens (tertiary/aromatic N) is 2. The largest absolute Gasteiger partial charge is 0.505 e. The van der Waals surface area contributed by atoms with E-state index in [1.54, 1.807) is 6.92 Å². The van der Waals surface area contributed by atoms with Crippen molar-refractivity contribution in [2.24, 2.45) is 0 Å². The van der Waals surface area contributed by atoms with Crippen molar-refractivity contribution in [3.63, 3.8) is 0 Å². The summed E-state index contributed by atoms with van der Waals surface area (Å²) in [5.41, 5.74) is 3.59. The van der Waals surface area contributed by atoms with Gasteiger partial charge >= 0.3 is 5.97 Å². The number of aromatic nitrogens is 2. The van der Waals surface area contributed by atoms with Crippen molar-refractivity contribution in [1.82, 2.24) is 15.3 Å². The Bertz CT molecular complexity index is 1030. The Morgan fingerprint density at radius 1 is 1.15 bits per heavy atom. The number of aliphatic carboxylic acids is 1. The number of aryl methyl sites for hydroxylation is 1. The van der Waals surface area contributed by atoms with Gasteiger partial charge in [-0.25, -0.2) is 4.98 Å². The second-order valence-corrected chi connectivity index (χ2v) is 5.93. The van der Waals surface area contributed by atoms with Crippen LogP contribution in [0, 0.1) is 13.8 Å². The Morgan fingerprint density at radius 2 is 1.92 bits per heavy atom. The highest BCUT2D eigenvalue weighted by Crippen LogP contribution is 2.32. The Balaban J connectivity index is 1.99. The van der Waals surface area contributed by atoms with Crippen molar-refractivity contribution in [3.8, 4) is 16.9 Å². The average molecular weight is 351 g/mol. The van der Waals surface area contributed by atoms with Crippen LogP contribution in [0.4, 0.5) is 0 Å². The second kappa shape index (κ2) is 6.79. The molecule has 1 aromatic carbocycles. The molecule has 0 saturated heterocycles. The molecule has 7 nitrogen and oxygen atoms in total. The monoisotopic (exact) mass is 351 g/mol. The van der Waals surface area contributed by atoms with Gasteiger partial charge in [0.1, 0.15) is 12.3 Å². The molecule has 2 heterocycles. The van der Waals surface area contributed by atoms with E-state index in [-0.39, 0.29) is 11.4 Å². The number of aromatic hydroxyl groups is 1. The van der Waals surface area contributed by atoms with Gasteiger partial charge < -0.3 is 15.5 Å². The van der Waals surface area contributed by atoms with E-state index in [1.165, 1.54) is 6.20 Å². The van der Waals surface area contributed by atoms with Gasteiger partial charge in [-0.1, -0.05) is 12.1 Å². The Kier molecular flexibility index (Phi) is 4.53. The molecule has 2 aromatic heterocycles. The molecule has 0 fully saturated rings. The Hall–Kier alpha value is -3.48. The third-order valence-electron chi connectivity index (χ3n) is 4.06. The number of hydrogen-bond donors (Lipinski definition) is 3. The van der Waals surface area contributed by atoms with Crippen LogP contribution in [-0.2, 0) is 4.79 Å². The van der Waals surface area contributed by atoms with Gasteiger partial charge in [-0.05, 0) is 37.6 Å². The van der Waals surface area contributed by atoms with Gasteiger partial charge in [-0.15, -0.1) is 0 Å². The van der Waals surface area contributed by atoms with Gasteiger partial charge in [-0.3, -0.25) is 14.6 Å². The number of fused-ring (bicyclic) bond motifs is 1. The van der Waals surface area contributed by atoms with Crippen molar-refractivity contribution in [3.05, 3.63) is 53.5 Å². The van der Waals surface area contributed by atoms with Crippen LogP contribution >= 0.6 is 0 Å². The zero-order chi connectivity index (χ0) is 18.8. The summed E-state index contributed by atoms with van der Waals surface area (Å²) < 4.78 is 0. The summed E-state index contributed by atoms with van der Waals surface area (Å²) in [7, 11) is 0. The maximum Gasteiger partial charge on any atom is 0.322 e. The van der Waals surface area contributed by atoms with Crippen LogP contribution in [0.3, 0.4) is 0 Å². The molecular weight excluding hydrogens is 334 g/mol. The number of hydrogen-bond acceptors (Lipinski definition) is 5. The minimum atomic E-state index is -1.17. The van der Waals surface area contributed by atoms with Crippen LogP contribution in [0.1, 0.15) is 21.7 Å². The predicted octanol–water partition coefficient (Wildman–Crippen LogP) is 2.43. The third kappa shape index (κ3) is 3.32. The summed E-state index contributed by atoms with van der Waals surface area (Å²) in [6, 6.07) is 9.60. The molecule has 3 rings (SSSR count). The second-order valence-electron chi connectivity index (χ2n) is 5.93. The van der Waals surface area contributed by atoms with E-state index in [2.05, 4.69) is 15.3 Å². The Morgan fingerprint density at radius 3 is 2.65 bits per heavy atom. The van der Waals surface area contributed by atoms with Crippen LogP contribution in [0.5, 0.6) is 5.75 Å². The summed E-state index contributed by atoms with van der Waals surface area (Å²) in [4.78, 5) is 31.0. The van der Waals surface area contributed by atoms with E-state index in [9.17, 15) is 14.7 Å². The van der Waals surface area contributed by atoms with Crippen molar-refractivity contribution < 1.29 is 19.8 Å². The normalized spacial score (nSPS) is 10.7. The number of carboxylic acid groups (broad SMARTS) is 1.